The number of hydrogen-bond donors (Lipinski definition) is 4. The second kappa shape index (κ2) is 12.6. The molecule has 2 amide bonds. The molecule has 2 aliphatic rings. The molecule has 0 aliphatic carbocycles. The highest BCUT2D eigenvalue weighted by Gasteiger charge is 2.38. The minimum Gasteiger partial charge on any atom is -0.453 e. The maximum Gasteiger partial charge on any atom is 0.407 e. The molecule has 10 nitrogen and oxygen atoms in total. The number of alkyl carbamates (subject to hydrolysis) is 1. The Balaban J connectivity index is 1.10. The van der Waals surface area contributed by atoms with Gasteiger partial charge in [0.05, 0.1) is 42.1 Å². The Morgan fingerprint density at radius 3 is 2.50 bits per heavy atom. The van der Waals surface area contributed by atoms with Crippen LogP contribution in [0.5, 0.6) is 0 Å². The number of carbonyl (C=O) groups excluding carboxylic acids is 2. The van der Waals surface area contributed by atoms with Crippen molar-refractivity contribution in [2.24, 2.45) is 5.92 Å². The Morgan fingerprint density at radius 2 is 1.74 bits per heavy atom. The third-order valence-corrected chi connectivity index (χ3v) is 9.76. The van der Waals surface area contributed by atoms with E-state index in [-0.39, 0.29) is 17.9 Å². The van der Waals surface area contributed by atoms with Crippen LogP contribution in [0.4, 0.5) is 4.79 Å². The van der Waals surface area contributed by atoms with Gasteiger partial charge < -0.3 is 30.2 Å². The summed E-state index contributed by atoms with van der Waals surface area (Å²) in [6.07, 6.45) is 6.00. The average molecular weight is 620 g/mol. The van der Waals surface area contributed by atoms with Crippen LogP contribution in [0.3, 0.4) is 0 Å². The van der Waals surface area contributed by atoms with Crippen molar-refractivity contribution < 1.29 is 14.3 Å². The number of H-pyrrole nitrogens is 2. The second-order valence-corrected chi connectivity index (χ2v) is 12.7. The van der Waals surface area contributed by atoms with Gasteiger partial charge in [0.25, 0.3) is 0 Å². The molecule has 2 saturated heterocycles. The fraction of sp³-hybridized carbons (Fsp3) is 0.389. The highest BCUT2D eigenvalue weighted by molar-refractivity contribution is 5.92. The zero-order valence-corrected chi connectivity index (χ0v) is 26.6. The van der Waals surface area contributed by atoms with Crippen molar-refractivity contribution in [2.45, 2.75) is 64.1 Å². The Labute approximate surface area is 268 Å². The molecule has 7 rings (SSSR count). The van der Waals surface area contributed by atoms with E-state index in [1.807, 2.05) is 24.9 Å². The molecule has 10 heteroatoms. The monoisotopic (exact) mass is 619 g/mol. The molecule has 4 heterocycles. The van der Waals surface area contributed by atoms with Gasteiger partial charge in [-0.15, -0.1) is 0 Å². The van der Waals surface area contributed by atoms with Gasteiger partial charge in [-0.05, 0) is 84.3 Å². The summed E-state index contributed by atoms with van der Waals surface area (Å²) in [5.74, 6) is 1.66. The highest BCUT2D eigenvalue weighted by atomic mass is 16.5. The van der Waals surface area contributed by atoms with Crippen molar-refractivity contribution in [1.29, 1.82) is 0 Å². The van der Waals surface area contributed by atoms with E-state index in [4.69, 9.17) is 14.7 Å². The van der Waals surface area contributed by atoms with Gasteiger partial charge in [-0.3, -0.25) is 4.79 Å². The predicted octanol–water partition coefficient (Wildman–Crippen LogP) is 6.63. The SMILES string of the molecule is CC[C@H](C)[C@H](NC(=O)OC)C(=O)N1CCC[C@H]1c1ncc(-c2ccc3cc(-c4ccc5nc([C@@H]6CCCN6)[nH]c5c4)ccc3c2)[nH]1. The van der Waals surface area contributed by atoms with Crippen LogP contribution in [0.15, 0.2) is 60.8 Å². The first kappa shape index (κ1) is 30.0. The molecule has 238 valence electrons. The number of imidazole rings is 2. The number of rotatable bonds is 8. The zero-order valence-electron chi connectivity index (χ0n) is 26.6. The first-order valence-electron chi connectivity index (χ1n) is 16.4. The largest absolute Gasteiger partial charge is 0.453 e. The topological polar surface area (TPSA) is 128 Å². The lowest BCUT2D eigenvalue weighted by Crippen LogP contribution is -2.51. The van der Waals surface area contributed by atoms with Crippen molar-refractivity contribution in [3.8, 4) is 22.4 Å². The molecule has 0 saturated carbocycles. The summed E-state index contributed by atoms with van der Waals surface area (Å²) in [5.41, 5.74) is 6.30. The number of ether oxygens (including phenoxy) is 1. The van der Waals surface area contributed by atoms with Gasteiger partial charge in [-0.2, -0.15) is 0 Å². The van der Waals surface area contributed by atoms with Crippen molar-refractivity contribution in [3.05, 3.63) is 72.4 Å². The molecular formula is C36H41N7O3. The van der Waals surface area contributed by atoms with Crippen molar-refractivity contribution >= 4 is 33.8 Å². The first-order chi connectivity index (χ1) is 22.4. The maximum atomic E-state index is 13.7. The maximum absolute atomic E-state index is 13.7. The smallest absolute Gasteiger partial charge is 0.407 e. The van der Waals surface area contributed by atoms with Crippen molar-refractivity contribution in [1.82, 2.24) is 35.5 Å². The summed E-state index contributed by atoms with van der Waals surface area (Å²) in [6, 6.07) is 18.9. The Bertz CT molecular complexity index is 1890. The van der Waals surface area contributed by atoms with Crippen LogP contribution >= 0.6 is 0 Å². The fourth-order valence-electron chi connectivity index (χ4n) is 6.90. The van der Waals surface area contributed by atoms with Gasteiger partial charge >= 0.3 is 6.09 Å². The summed E-state index contributed by atoms with van der Waals surface area (Å²) in [7, 11) is 1.31. The third kappa shape index (κ3) is 5.73. The molecule has 2 aliphatic heterocycles. The Hall–Kier alpha value is -4.70. The van der Waals surface area contributed by atoms with E-state index in [1.54, 1.807) is 0 Å². The summed E-state index contributed by atoms with van der Waals surface area (Å²) < 4.78 is 4.80. The number of aromatic nitrogens is 4. The van der Waals surface area contributed by atoms with Crippen molar-refractivity contribution in [2.75, 3.05) is 20.2 Å². The number of aromatic amines is 2. The number of hydrogen-bond acceptors (Lipinski definition) is 6. The van der Waals surface area contributed by atoms with Gasteiger partial charge in [-0.1, -0.05) is 50.6 Å². The van der Waals surface area contributed by atoms with E-state index >= 15 is 0 Å². The number of amides is 2. The average Bonchev–Trinajstić information content (AvgIpc) is 3.91. The third-order valence-electron chi connectivity index (χ3n) is 9.76. The summed E-state index contributed by atoms with van der Waals surface area (Å²) in [4.78, 5) is 44.1. The molecule has 0 unspecified atom stereocenters. The number of nitrogens with one attached hydrogen (secondary N) is 4. The van der Waals surface area contributed by atoms with Crippen LogP contribution in [-0.4, -0.2) is 63.1 Å². The summed E-state index contributed by atoms with van der Waals surface area (Å²) in [6.45, 7) is 5.65. The standard InChI is InChI=1S/C36H41N7O3/c1-4-21(2)32(42-36(45)46-3)35(44)43-16-6-8-31(43)34-38-20-30(41-34)26-12-11-22-17-23(9-10-24(22)18-26)25-13-14-27-29(19-25)40-33(39-27)28-7-5-15-37-28/h9-14,17-21,28,31-32,37H,4-8,15-16H2,1-3H3,(H,38,41)(H,39,40)(H,42,45)/t21-,28-,31-,32-/m0/s1. The van der Waals surface area contributed by atoms with Crippen LogP contribution in [0, 0.1) is 5.92 Å². The quantitative estimate of drug-likeness (QED) is 0.154. The van der Waals surface area contributed by atoms with Gasteiger partial charge in [0.2, 0.25) is 5.91 Å². The van der Waals surface area contributed by atoms with Crippen LogP contribution in [0.2, 0.25) is 0 Å². The molecule has 4 N–H and O–H groups in total. The molecule has 3 aromatic carbocycles. The zero-order chi connectivity index (χ0) is 31.8. The second-order valence-electron chi connectivity index (χ2n) is 12.7. The molecule has 4 atom stereocenters. The number of benzene rings is 3. The van der Waals surface area contributed by atoms with E-state index in [9.17, 15) is 9.59 Å². The van der Waals surface area contributed by atoms with E-state index in [1.165, 1.54) is 13.5 Å². The molecule has 2 fully saturated rings. The lowest BCUT2D eigenvalue weighted by molar-refractivity contribution is -0.135. The minimum absolute atomic E-state index is 0.0292. The molecular weight excluding hydrogens is 578 g/mol. The molecule has 2 aromatic heterocycles. The van der Waals surface area contributed by atoms with Crippen LogP contribution < -0.4 is 10.6 Å². The van der Waals surface area contributed by atoms with Crippen molar-refractivity contribution in [3.63, 3.8) is 0 Å². The predicted molar refractivity (Wildman–Crippen MR) is 179 cm³/mol. The summed E-state index contributed by atoms with van der Waals surface area (Å²) >= 11 is 0. The van der Waals surface area contributed by atoms with Crippen LogP contribution in [0.1, 0.15) is 69.7 Å². The number of likely N-dealkylation sites (tertiary alicyclic amines) is 1. The van der Waals surface area contributed by atoms with E-state index in [0.29, 0.717) is 12.6 Å². The van der Waals surface area contributed by atoms with Gasteiger partial charge in [0.1, 0.15) is 17.7 Å². The van der Waals surface area contributed by atoms with E-state index < -0.39 is 12.1 Å². The number of nitrogens with zero attached hydrogens (tertiary/aromatic N) is 3. The van der Waals surface area contributed by atoms with E-state index in [2.05, 4.69) is 75.2 Å². The minimum atomic E-state index is -0.647. The molecule has 0 radical (unpaired) electrons. The van der Waals surface area contributed by atoms with Gasteiger partial charge in [0.15, 0.2) is 0 Å². The molecule has 0 spiro atoms. The molecule has 5 aromatic rings. The number of carbonyl (C=O) groups is 2. The molecule has 0 bridgehead atoms. The normalized spacial score (nSPS) is 19.5. The lowest BCUT2D eigenvalue weighted by atomic mass is 9.97. The van der Waals surface area contributed by atoms with Gasteiger partial charge in [0, 0.05) is 12.1 Å². The number of methoxy groups -OCH3 is 1. The fourth-order valence-corrected chi connectivity index (χ4v) is 6.90. The molecule has 46 heavy (non-hydrogen) atoms. The Kier molecular flexibility index (Phi) is 8.21. The lowest BCUT2D eigenvalue weighted by Gasteiger charge is -2.30. The van der Waals surface area contributed by atoms with Crippen LogP contribution in [0.25, 0.3) is 44.2 Å². The highest BCUT2D eigenvalue weighted by Crippen LogP contribution is 2.34. The Morgan fingerprint density at radius 1 is 0.978 bits per heavy atom. The number of fused-ring (bicyclic) bond motifs is 2. The van der Waals surface area contributed by atoms with Crippen LogP contribution in [-0.2, 0) is 9.53 Å². The van der Waals surface area contributed by atoms with Gasteiger partial charge in [-0.25, -0.2) is 14.8 Å². The summed E-state index contributed by atoms with van der Waals surface area (Å²) in [5, 5.41) is 8.57. The van der Waals surface area contributed by atoms with E-state index in [0.717, 1.165) is 88.1 Å². The first-order valence-corrected chi connectivity index (χ1v) is 16.4.